The molecule has 9 heteroatoms. The molecule has 0 saturated carbocycles. The lowest BCUT2D eigenvalue weighted by atomic mass is 10.1. The average molecular weight is 381 g/mol. The molecule has 1 fully saturated rings. The van der Waals surface area contributed by atoms with Gasteiger partial charge in [-0.25, -0.2) is 17.8 Å². The second-order valence-corrected chi connectivity index (χ2v) is 8.82. The first kappa shape index (κ1) is 18.5. The van der Waals surface area contributed by atoms with Crippen molar-refractivity contribution in [2.24, 2.45) is 5.10 Å². The fraction of sp³-hybridized carbons (Fsp3) is 0.471. The third-order valence-electron chi connectivity index (χ3n) is 4.57. The van der Waals surface area contributed by atoms with Gasteiger partial charge in [0.2, 0.25) is 5.91 Å². The Morgan fingerprint density at radius 1 is 1.35 bits per heavy atom. The average Bonchev–Trinajstić information content (AvgIpc) is 2.96. The van der Waals surface area contributed by atoms with Crippen molar-refractivity contribution in [1.82, 2.24) is 9.91 Å². The SMILES string of the molecule is CN(Cc1ccccc1F)C(=O)C1=NN([C@H]2CCS(=O)(=O)C2)C(=O)CC1. The summed E-state index contributed by atoms with van der Waals surface area (Å²) in [7, 11) is -1.63. The number of carbonyl (C=O) groups excluding carboxylic acids is 2. The van der Waals surface area contributed by atoms with Crippen molar-refractivity contribution in [3.05, 3.63) is 35.6 Å². The summed E-state index contributed by atoms with van der Waals surface area (Å²) in [4.78, 5) is 26.1. The van der Waals surface area contributed by atoms with Gasteiger partial charge in [-0.15, -0.1) is 0 Å². The fourth-order valence-corrected chi connectivity index (χ4v) is 4.85. The summed E-state index contributed by atoms with van der Waals surface area (Å²) < 4.78 is 37.1. The first-order valence-electron chi connectivity index (χ1n) is 8.35. The molecule has 1 aromatic rings. The van der Waals surface area contributed by atoms with Crippen LogP contribution in [0.15, 0.2) is 29.4 Å². The molecule has 2 amide bonds. The highest BCUT2D eigenvalue weighted by atomic mass is 32.2. The highest BCUT2D eigenvalue weighted by molar-refractivity contribution is 7.91. The summed E-state index contributed by atoms with van der Waals surface area (Å²) in [5.41, 5.74) is 0.572. The Labute approximate surface area is 151 Å². The molecule has 2 heterocycles. The summed E-state index contributed by atoms with van der Waals surface area (Å²) in [6, 6.07) is 5.67. The third-order valence-corrected chi connectivity index (χ3v) is 6.32. The van der Waals surface area contributed by atoms with Gasteiger partial charge in [-0.2, -0.15) is 5.10 Å². The Morgan fingerprint density at radius 2 is 2.08 bits per heavy atom. The summed E-state index contributed by atoms with van der Waals surface area (Å²) in [5.74, 6) is -1.18. The maximum Gasteiger partial charge on any atom is 0.270 e. The predicted molar refractivity (Wildman–Crippen MR) is 93.4 cm³/mol. The van der Waals surface area contributed by atoms with Gasteiger partial charge in [0, 0.05) is 32.0 Å². The second kappa shape index (κ2) is 7.14. The summed E-state index contributed by atoms with van der Waals surface area (Å²) >= 11 is 0. The topological polar surface area (TPSA) is 87.1 Å². The van der Waals surface area contributed by atoms with Crippen molar-refractivity contribution >= 4 is 27.4 Å². The van der Waals surface area contributed by atoms with E-state index in [0.29, 0.717) is 12.0 Å². The molecule has 2 aliphatic rings. The van der Waals surface area contributed by atoms with Crippen LogP contribution in [-0.2, 0) is 26.0 Å². The van der Waals surface area contributed by atoms with Crippen LogP contribution in [0.3, 0.4) is 0 Å². The van der Waals surface area contributed by atoms with Gasteiger partial charge < -0.3 is 4.90 Å². The Kier molecular flexibility index (Phi) is 5.08. The fourth-order valence-electron chi connectivity index (χ4n) is 3.15. The standard InChI is InChI=1S/C17H20FN3O4S/c1-20(10-12-4-2-3-5-14(12)18)17(23)15-6-7-16(22)21(19-15)13-8-9-26(24,25)11-13/h2-5,13H,6-11H2,1H3/t13-/m0/s1. The molecular weight excluding hydrogens is 361 g/mol. The molecule has 3 rings (SSSR count). The smallest absolute Gasteiger partial charge is 0.270 e. The van der Waals surface area contributed by atoms with Gasteiger partial charge in [0.1, 0.15) is 11.5 Å². The molecule has 7 nitrogen and oxygen atoms in total. The van der Waals surface area contributed by atoms with Gasteiger partial charge in [0.05, 0.1) is 17.5 Å². The van der Waals surface area contributed by atoms with E-state index in [0.717, 1.165) is 5.01 Å². The minimum absolute atomic E-state index is 0.0213. The van der Waals surface area contributed by atoms with Gasteiger partial charge in [0.25, 0.3) is 5.91 Å². The van der Waals surface area contributed by atoms with Gasteiger partial charge in [-0.3, -0.25) is 9.59 Å². The molecule has 26 heavy (non-hydrogen) atoms. The molecule has 0 aromatic heterocycles. The van der Waals surface area contributed by atoms with Crippen molar-refractivity contribution in [3.8, 4) is 0 Å². The molecule has 0 unspecified atom stereocenters. The van der Waals surface area contributed by atoms with Crippen LogP contribution in [0, 0.1) is 5.82 Å². The van der Waals surface area contributed by atoms with Crippen LogP contribution < -0.4 is 0 Å². The zero-order chi connectivity index (χ0) is 18.9. The van der Waals surface area contributed by atoms with E-state index >= 15 is 0 Å². The van der Waals surface area contributed by atoms with Crippen molar-refractivity contribution < 1.29 is 22.4 Å². The molecule has 0 bridgehead atoms. The van der Waals surface area contributed by atoms with E-state index in [1.165, 1.54) is 18.0 Å². The third kappa shape index (κ3) is 3.92. The summed E-state index contributed by atoms with van der Waals surface area (Å²) in [5, 5.41) is 5.30. The van der Waals surface area contributed by atoms with Gasteiger partial charge >= 0.3 is 0 Å². The zero-order valence-electron chi connectivity index (χ0n) is 14.4. The number of halogens is 1. The monoisotopic (exact) mass is 381 g/mol. The van der Waals surface area contributed by atoms with Crippen molar-refractivity contribution in [3.63, 3.8) is 0 Å². The first-order chi connectivity index (χ1) is 12.3. The number of nitrogens with zero attached hydrogens (tertiary/aromatic N) is 3. The quantitative estimate of drug-likeness (QED) is 0.777. The normalized spacial score (nSPS) is 22.2. The predicted octanol–water partition coefficient (Wildman–Crippen LogP) is 0.950. The van der Waals surface area contributed by atoms with Crippen LogP contribution in [0.1, 0.15) is 24.8 Å². The molecule has 0 aliphatic carbocycles. The van der Waals surface area contributed by atoms with Gasteiger partial charge in [-0.1, -0.05) is 18.2 Å². The number of amides is 2. The van der Waals surface area contributed by atoms with E-state index in [-0.39, 0.29) is 42.5 Å². The van der Waals surface area contributed by atoms with Gasteiger partial charge in [0.15, 0.2) is 9.84 Å². The van der Waals surface area contributed by atoms with Crippen molar-refractivity contribution in [2.45, 2.75) is 31.8 Å². The number of carbonyl (C=O) groups is 2. The highest BCUT2D eigenvalue weighted by Gasteiger charge is 2.37. The van der Waals surface area contributed by atoms with E-state index in [4.69, 9.17) is 0 Å². The van der Waals surface area contributed by atoms with E-state index in [1.54, 1.807) is 18.2 Å². The lowest BCUT2D eigenvalue weighted by molar-refractivity contribution is -0.134. The maximum atomic E-state index is 13.8. The Morgan fingerprint density at radius 3 is 2.73 bits per heavy atom. The van der Waals surface area contributed by atoms with E-state index in [9.17, 15) is 22.4 Å². The molecule has 1 atom stereocenters. The van der Waals surface area contributed by atoms with E-state index in [2.05, 4.69) is 5.10 Å². The molecule has 0 radical (unpaired) electrons. The molecule has 0 N–H and O–H groups in total. The number of hydrogen-bond acceptors (Lipinski definition) is 5. The molecule has 1 saturated heterocycles. The lowest BCUT2D eigenvalue weighted by Crippen LogP contribution is -2.44. The largest absolute Gasteiger partial charge is 0.336 e. The minimum Gasteiger partial charge on any atom is -0.336 e. The Bertz CT molecular complexity index is 869. The molecule has 1 aromatic carbocycles. The molecule has 140 valence electrons. The van der Waals surface area contributed by atoms with Crippen LogP contribution in [-0.4, -0.2) is 60.4 Å². The summed E-state index contributed by atoms with van der Waals surface area (Å²) in [6.07, 6.45) is 0.619. The van der Waals surface area contributed by atoms with Crippen LogP contribution in [0.4, 0.5) is 4.39 Å². The molecule has 2 aliphatic heterocycles. The summed E-state index contributed by atoms with van der Waals surface area (Å²) in [6.45, 7) is 0.0796. The number of sulfone groups is 1. The number of hydrazone groups is 1. The van der Waals surface area contributed by atoms with Gasteiger partial charge in [-0.05, 0) is 12.5 Å². The maximum absolute atomic E-state index is 13.8. The number of hydrogen-bond donors (Lipinski definition) is 0. The van der Waals surface area contributed by atoms with Crippen LogP contribution in [0.2, 0.25) is 0 Å². The van der Waals surface area contributed by atoms with Crippen LogP contribution in [0.25, 0.3) is 0 Å². The Balaban J connectivity index is 1.75. The van der Waals surface area contributed by atoms with Crippen LogP contribution in [0.5, 0.6) is 0 Å². The van der Waals surface area contributed by atoms with E-state index in [1.807, 2.05) is 0 Å². The lowest BCUT2D eigenvalue weighted by Gasteiger charge is -2.29. The molecule has 0 spiro atoms. The second-order valence-electron chi connectivity index (χ2n) is 6.59. The Hall–Kier alpha value is -2.29. The number of rotatable bonds is 4. The zero-order valence-corrected chi connectivity index (χ0v) is 15.2. The van der Waals surface area contributed by atoms with Crippen molar-refractivity contribution in [2.75, 3.05) is 18.6 Å². The highest BCUT2D eigenvalue weighted by Crippen LogP contribution is 2.22. The minimum atomic E-state index is -3.17. The van der Waals surface area contributed by atoms with E-state index < -0.39 is 27.6 Å². The molecular formula is C17H20FN3O4S. The van der Waals surface area contributed by atoms with Crippen LogP contribution >= 0.6 is 0 Å². The first-order valence-corrected chi connectivity index (χ1v) is 10.2. The van der Waals surface area contributed by atoms with Crippen molar-refractivity contribution in [1.29, 1.82) is 0 Å². The number of benzene rings is 1.